The highest BCUT2D eigenvalue weighted by molar-refractivity contribution is 5.71. The first-order valence-electron chi connectivity index (χ1n) is 3.66. The maximum absolute atomic E-state index is 10.3. The van der Waals surface area contributed by atoms with E-state index >= 15 is 0 Å². The van der Waals surface area contributed by atoms with Crippen LogP contribution in [0.15, 0.2) is 31.0 Å². The Morgan fingerprint density at radius 3 is 2.85 bits per heavy atom. The molecule has 0 N–H and O–H groups in total. The van der Waals surface area contributed by atoms with Gasteiger partial charge in [0.05, 0.1) is 11.9 Å². The lowest BCUT2D eigenvalue weighted by Crippen LogP contribution is -1.96. The highest BCUT2D eigenvalue weighted by Gasteiger charge is 1.96. The molecule has 0 spiro atoms. The highest BCUT2D eigenvalue weighted by atomic mass is 16.1. The molecule has 0 aliphatic rings. The van der Waals surface area contributed by atoms with Crippen LogP contribution in [-0.2, 0) is 0 Å². The summed E-state index contributed by atoms with van der Waals surface area (Å²) in [5.74, 6) is 0. The Bertz CT molecular complexity index is 393. The van der Waals surface area contributed by atoms with Crippen molar-refractivity contribution >= 4 is 6.29 Å². The molecule has 0 fully saturated rings. The largest absolute Gasteiger partial charge is 0.296 e. The molecule has 0 aliphatic carbocycles. The fourth-order valence-electron chi connectivity index (χ4n) is 0.944. The minimum Gasteiger partial charge on any atom is -0.296 e. The molecule has 5 heteroatoms. The average Bonchev–Trinajstić information content (AvgIpc) is 2.71. The van der Waals surface area contributed by atoms with E-state index < -0.39 is 0 Å². The zero-order chi connectivity index (χ0) is 9.10. The lowest BCUT2D eigenvalue weighted by Gasteiger charge is -1.97. The third kappa shape index (κ3) is 1.44. The molecule has 0 bridgehead atoms. The van der Waals surface area contributed by atoms with Gasteiger partial charge in [0.25, 0.3) is 0 Å². The van der Waals surface area contributed by atoms with Gasteiger partial charge in [-0.05, 0) is 12.1 Å². The van der Waals surface area contributed by atoms with Crippen LogP contribution in [0.25, 0.3) is 5.69 Å². The van der Waals surface area contributed by atoms with Crippen molar-refractivity contribution in [1.82, 2.24) is 19.7 Å². The van der Waals surface area contributed by atoms with E-state index in [0.717, 1.165) is 5.69 Å². The number of hydrogen-bond donors (Lipinski definition) is 0. The number of carbonyl (C=O) groups is 1. The van der Waals surface area contributed by atoms with Crippen LogP contribution in [0, 0.1) is 0 Å². The molecule has 0 radical (unpaired) electrons. The van der Waals surface area contributed by atoms with Gasteiger partial charge < -0.3 is 0 Å². The number of hydrogen-bond acceptors (Lipinski definition) is 4. The molecule has 2 aromatic rings. The molecular formula is C8H6N4O. The Kier molecular flexibility index (Phi) is 1.84. The molecule has 0 aromatic carbocycles. The van der Waals surface area contributed by atoms with Gasteiger partial charge in [0.2, 0.25) is 0 Å². The zero-order valence-electron chi connectivity index (χ0n) is 6.66. The van der Waals surface area contributed by atoms with Crippen LogP contribution in [0.3, 0.4) is 0 Å². The number of nitrogens with zero attached hydrogens (tertiary/aromatic N) is 4. The van der Waals surface area contributed by atoms with E-state index in [-0.39, 0.29) is 0 Å². The summed E-state index contributed by atoms with van der Waals surface area (Å²) in [4.78, 5) is 18.0. The van der Waals surface area contributed by atoms with Crippen molar-refractivity contribution in [2.45, 2.75) is 0 Å². The summed E-state index contributed by atoms with van der Waals surface area (Å²) in [6.07, 6.45) is 5.27. The molecule has 2 rings (SSSR count). The van der Waals surface area contributed by atoms with Crippen LogP contribution in [0.2, 0.25) is 0 Å². The third-order valence-corrected chi connectivity index (χ3v) is 1.57. The maximum atomic E-state index is 10.3. The Labute approximate surface area is 74.1 Å². The van der Waals surface area contributed by atoms with Crippen LogP contribution >= 0.6 is 0 Å². The van der Waals surface area contributed by atoms with E-state index in [0.29, 0.717) is 12.0 Å². The summed E-state index contributed by atoms with van der Waals surface area (Å²) in [6.45, 7) is 0. The minimum atomic E-state index is 0.406. The smallest absolute Gasteiger partial charge is 0.168 e. The van der Waals surface area contributed by atoms with Gasteiger partial charge in [0, 0.05) is 0 Å². The monoisotopic (exact) mass is 174 g/mol. The summed E-state index contributed by atoms with van der Waals surface area (Å²) in [6, 6.07) is 3.38. The van der Waals surface area contributed by atoms with E-state index in [1.165, 1.54) is 6.33 Å². The second-order valence-corrected chi connectivity index (χ2v) is 2.40. The lowest BCUT2D eigenvalue weighted by molar-refractivity contribution is 0.111. The first kappa shape index (κ1) is 7.60. The Balaban J connectivity index is 2.38. The average molecular weight is 174 g/mol. The van der Waals surface area contributed by atoms with E-state index in [1.54, 1.807) is 29.3 Å². The highest BCUT2D eigenvalue weighted by Crippen LogP contribution is 2.02. The van der Waals surface area contributed by atoms with Gasteiger partial charge in [-0.25, -0.2) is 9.67 Å². The van der Waals surface area contributed by atoms with Crippen LogP contribution < -0.4 is 0 Å². The SMILES string of the molecule is O=Cc1ccc(-n2cncn2)cn1. The number of aldehydes is 1. The maximum Gasteiger partial charge on any atom is 0.168 e. The first-order chi connectivity index (χ1) is 6.40. The topological polar surface area (TPSA) is 60.7 Å². The quantitative estimate of drug-likeness (QED) is 0.621. The molecule has 0 unspecified atom stereocenters. The van der Waals surface area contributed by atoms with Gasteiger partial charge in [-0.2, -0.15) is 5.10 Å². The van der Waals surface area contributed by atoms with E-state index in [4.69, 9.17) is 0 Å². The third-order valence-electron chi connectivity index (χ3n) is 1.57. The predicted octanol–water partition coefficient (Wildman–Crippen LogP) is 0.475. The zero-order valence-corrected chi connectivity index (χ0v) is 6.66. The second kappa shape index (κ2) is 3.14. The molecule has 0 aliphatic heterocycles. The van der Waals surface area contributed by atoms with Gasteiger partial charge in [0.15, 0.2) is 6.29 Å². The Morgan fingerprint density at radius 2 is 2.31 bits per heavy atom. The van der Waals surface area contributed by atoms with Crippen molar-refractivity contribution in [2.75, 3.05) is 0 Å². The molecule has 2 heterocycles. The van der Waals surface area contributed by atoms with Gasteiger partial charge >= 0.3 is 0 Å². The summed E-state index contributed by atoms with van der Waals surface area (Å²) < 4.78 is 1.57. The van der Waals surface area contributed by atoms with Gasteiger partial charge in [-0.1, -0.05) is 0 Å². The van der Waals surface area contributed by atoms with Crippen molar-refractivity contribution in [1.29, 1.82) is 0 Å². The molecule has 13 heavy (non-hydrogen) atoms. The summed E-state index contributed by atoms with van der Waals surface area (Å²) in [5.41, 5.74) is 1.19. The van der Waals surface area contributed by atoms with Crippen LogP contribution in [-0.4, -0.2) is 26.0 Å². The van der Waals surface area contributed by atoms with E-state index in [2.05, 4.69) is 15.1 Å². The molecule has 0 saturated heterocycles. The van der Waals surface area contributed by atoms with Crippen molar-refractivity contribution in [3.05, 3.63) is 36.7 Å². The van der Waals surface area contributed by atoms with Crippen LogP contribution in [0.5, 0.6) is 0 Å². The van der Waals surface area contributed by atoms with Crippen LogP contribution in [0.4, 0.5) is 0 Å². The molecular weight excluding hydrogens is 168 g/mol. The molecule has 0 amide bonds. The van der Waals surface area contributed by atoms with Crippen molar-refractivity contribution in [3.8, 4) is 5.69 Å². The Morgan fingerprint density at radius 1 is 1.38 bits per heavy atom. The second-order valence-electron chi connectivity index (χ2n) is 2.40. The molecule has 0 saturated carbocycles. The number of rotatable bonds is 2. The van der Waals surface area contributed by atoms with Gasteiger partial charge in [-0.3, -0.25) is 9.78 Å². The number of aromatic nitrogens is 4. The predicted molar refractivity (Wildman–Crippen MR) is 44.5 cm³/mol. The molecule has 64 valence electrons. The normalized spacial score (nSPS) is 9.85. The Hall–Kier alpha value is -2.04. The molecule has 2 aromatic heterocycles. The molecule has 0 atom stereocenters. The summed E-state index contributed by atoms with van der Waals surface area (Å²) >= 11 is 0. The standard InChI is InChI=1S/C8H6N4O/c13-4-7-1-2-8(3-10-7)12-6-9-5-11-12/h1-6H. The van der Waals surface area contributed by atoms with Crippen molar-refractivity contribution in [2.24, 2.45) is 0 Å². The minimum absolute atomic E-state index is 0.406. The van der Waals surface area contributed by atoms with Gasteiger partial charge in [-0.15, -0.1) is 0 Å². The van der Waals surface area contributed by atoms with Crippen LogP contribution in [0.1, 0.15) is 10.5 Å². The number of pyridine rings is 1. The summed E-state index contributed by atoms with van der Waals surface area (Å²) in [7, 11) is 0. The molecule has 5 nitrogen and oxygen atoms in total. The fraction of sp³-hybridized carbons (Fsp3) is 0. The fourth-order valence-corrected chi connectivity index (χ4v) is 0.944. The summed E-state index contributed by atoms with van der Waals surface area (Å²) in [5, 5.41) is 3.92. The van der Waals surface area contributed by atoms with E-state index in [9.17, 15) is 4.79 Å². The lowest BCUT2D eigenvalue weighted by atomic mass is 10.3. The van der Waals surface area contributed by atoms with E-state index in [1.807, 2.05) is 0 Å². The van der Waals surface area contributed by atoms with Gasteiger partial charge in [0.1, 0.15) is 18.3 Å². The van der Waals surface area contributed by atoms with Crippen molar-refractivity contribution < 1.29 is 4.79 Å². The number of carbonyl (C=O) groups excluding carboxylic acids is 1. The first-order valence-corrected chi connectivity index (χ1v) is 3.66. The van der Waals surface area contributed by atoms with Crippen molar-refractivity contribution in [3.63, 3.8) is 0 Å².